The highest BCUT2D eigenvalue weighted by Crippen LogP contribution is 2.58. The minimum Gasteiger partial charge on any atom is -0.254 e. The molecule has 0 bridgehead atoms. The van der Waals surface area contributed by atoms with Gasteiger partial charge in [-0.15, -0.1) is 0 Å². The van der Waals surface area contributed by atoms with Gasteiger partial charge in [0.2, 0.25) is 0 Å². The highest BCUT2D eigenvalue weighted by molar-refractivity contribution is 6.28. The Kier molecular flexibility index (Phi) is 6.54. The van der Waals surface area contributed by atoms with Crippen molar-refractivity contribution in [1.29, 1.82) is 0 Å². The van der Waals surface area contributed by atoms with Gasteiger partial charge in [0.25, 0.3) is 0 Å². The molecule has 2 aliphatic rings. The van der Waals surface area contributed by atoms with Crippen LogP contribution in [0.2, 0.25) is 0 Å². The molecule has 0 aliphatic heterocycles. The molecule has 2 aromatic heterocycles. The van der Waals surface area contributed by atoms with Crippen LogP contribution in [0.3, 0.4) is 0 Å². The third-order valence-corrected chi connectivity index (χ3v) is 11.5. The van der Waals surface area contributed by atoms with E-state index < -0.39 is 0 Å². The normalized spacial score (nSPS) is 13.1. The second-order valence-electron chi connectivity index (χ2n) is 14.2. The fourth-order valence-electron chi connectivity index (χ4n) is 9.24. The summed E-state index contributed by atoms with van der Waals surface area (Å²) in [5.74, 6) is 0. The highest BCUT2D eigenvalue weighted by atomic mass is 14.8. The molecule has 2 heteroatoms. The highest BCUT2D eigenvalue weighted by Gasteiger charge is 2.32. The van der Waals surface area contributed by atoms with Crippen molar-refractivity contribution in [3.63, 3.8) is 0 Å². The molecular weight excluding hydrogens is 629 g/mol. The number of fused-ring (bicyclic) bond motifs is 6. The maximum absolute atomic E-state index is 5.23. The first-order chi connectivity index (χ1) is 25.8. The monoisotopic (exact) mass is 662 g/mol. The summed E-state index contributed by atoms with van der Waals surface area (Å²) in [6.45, 7) is 0. The number of hydrogen-bond acceptors (Lipinski definition) is 2. The van der Waals surface area contributed by atoms with Gasteiger partial charge in [0.15, 0.2) is 0 Å². The maximum Gasteiger partial charge on any atom is 0.0921 e. The standard InChI is InChI=1S/C50H34N2/c1-3-15-32(16-4-1)45-37-20-9-10-21-38(37)46(33-17-5-2-6-18-33)49-41-28-27-35(36-23-13-24-40(47(36)41)48(45)49)42-30-51-50(39-22-11-8-19-34(39)42)44-29-26-31-14-7-12-25-43(31)52-44/h1-7,9-10,12-18,20-21,23-30H,8,11,19,22H2. The van der Waals surface area contributed by atoms with Crippen molar-refractivity contribution >= 4 is 32.4 Å². The average molecular weight is 663 g/mol. The molecule has 2 nitrogen and oxygen atoms in total. The lowest BCUT2D eigenvalue weighted by Gasteiger charge is -2.23. The molecule has 244 valence electrons. The van der Waals surface area contributed by atoms with E-state index in [9.17, 15) is 0 Å². The SMILES string of the molecule is c1ccc(-c2c3c(c(-c4ccccc4)c4ccccc24)-c2ccc(-c4cnc(-c5ccc6ccccc6n5)c5c4CCCC5)c4cccc-3c24)cc1. The molecule has 0 saturated carbocycles. The van der Waals surface area contributed by atoms with E-state index in [1.165, 1.54) is 101 Å². The minimum absolute atomic E-state index is 0.966. The van der Waals surface area contributed by atoms with Crippen LogP contribution in [0.1, 0.15) is 24.0 Å². The van der Waals surface area contributed by atoms with E-state index in [2.05, 4.69) is 158 Å². The van der Waals surface area contributed by atoms with Crippen LogP contribution in [0.25, 0.3) is 99.5 Å². The van der Waals surface area contributed by atoms with Gasteiger partial charge in [-0.3, -0.25) is 4.98 Å². The first kappa shape index (κ1) is 29.4. The Morgan fingerprint density at radius 2 is 1.00 bits per heavy atom. The summed E-state index contributed by atoms with van der Waals surface area (Å²) >= 11 is 0. The number of aromatic nitrogens is 2. The van der Waals surface area contributed by atoms with Crippen molar-refractivity contribution in [3.05, 3.63) is 169 Å². The molecule has 2 heterocycles. The molecule has 0 fully saturated rings. The molecule has 2 aliphatic carbocycles. The van der Waals surface area contributed by atoms with E-state index in [-0.39, 0.29) is 0 Å². The quantitative estimate of drug-likeness (QED) is 0.187. The fraction of sp³-hybridized carbons (Fsp3) is 0.0800. The molecule has 0 saturated heterocycles. The van der Waals surface area contributed by atoms with Gasteiger partial charge in [0, 0.05) is 17.1 Å². The smallest absolute Gasteiger partial charge is 0.0921 e. The molecular formula is C50H34N2. The largest absolute Gasteiger partial charge is 0.254 e. The van der Waals surface area contributed by atoms with Crippen LogP contribution >= 0.6 is 0 Å². The summed E-state index contributed by atoms with van der Waals surface area (Å²) in [5.41, 5.74) is 18.7. The first-order valence-corrected chi connectivity index (χ1v) is 18.5. The summed E-state index contributed by atoms with van der Waals surface area (Å²) in [5, 5.41) is 6.35. The van der Waals surface area contributed by atoms with Gasteiger partial charge in [-0.2, -0.15) is 0 Å². The minimum atomic E-state index is 0.966. The number of hydrogen-bond donors (Lipinski definition) is 0. The van der Waals surface area contributed by atoms with Crippen molar-refractivity contribution in [2.45, 2.75) is 25.7 Å². The lowest BCUT2D eigenvalue weighted by molar-refractivity contribution is 0.685. The van der Waals surface area contributed by atoms with Crippen LogP contribution in [-0.4, -0.2) is 9.97 Å². The van der Waals surface area contributed by atoms with E-state index in [0.29, 0.717) is 0 Å². The number of benzene rings is 7. The number of rotatable bonds is 4. The maximum atomic E-state index is 5.23. The van der Waals surface area contributed by atoms with Crippen LogP contribution in [0.4, 0.5) is 0 Å². The van der Waals surface area contributed by atoms with Crippen LogP contribution in [0, 0.1) is 0 Å². The molecule has 0 unspecified atom stereocenters. The van der Waals surface area contributed by atoms with Gasteiger partial charge in [0.1, 0.15) is 0 Å². The van der Waals surface area contributed by atoms with Crippen molar-refractivity contribution in [1.82, 2.24) is 9.97 Å². The van der Waals surface area contributed by atoms with Gasteiger partial charge in [0.05, 0.1) is 16.9 Å². The van der Waals surface area contributed by atoms with Gasteiger partial charge >= 0.3 is 0 Å². The van der Waals surface area contributed by atoms with Crippen molar-refractivity contribution < 1.29 is 0 Å². The molecule has 0 amide bonds. The second kappa shape index (κ2) is 11.6. The molecule has 52 heavy (non-hydrogen) atoms. The summed E-state index contributed by atoms with van der Waals surface area (Å²) in [6.07, 6.45) is 6.59. The Morgan fingerprint density at radius 3 is 1.73 bits per heavy atom. The Hall–Kier alpha value is -6.38. The van der Waals surface area contributed by atoms with E-state index in [1.54, 1.807) is 0 Å². The summed E-state index contributed by atoms with van der Waals surface area (Å²) < 4.78 is 0. The van der Waals surface area contributed by atoms with Crippen LogP contribution in [-0.2, 0) is 12.8 Å². The Labute approximate surface area is 303 Å². The summed E-state index contributed by atoms with van der Waals surface area (Å²) in [7, 11) is 0. The number of nitrogens with zero attached hydrogens (tertiary/aromatic N) is 2. The van der Waals surface area contributed by atoms with Crippen molar-refractivity contribution in [2.75, 3.05) is 0 Å². The predicted octanol–water partition coefficient (Wildman–Crippen LogP) is 13.1. The zero-order valence-electron chi connectivity index (χ0n) is 28.7. The molecule has 11 rings (SSSR count). The van der Waals surface area contributed by atoms with Crippen molar-refractivity contribution in [2.24, 2.45) is 0 Å². The number of para-hydroxylation sites is 1. The summed E-state index contributed by atoms with van der Waals surface area (Å²) in [6, 6.07) is 55.3. The Morgan fingerprint density at radius 1 is 0.404 bits per heavy atom. The third-order valence-electron chi connectivity index (χ3n) is 11.5. The summed E-state index contributed by atoms with van der Waals surface area (Å²) in [4.78, 5) is 10.3. The average Bonchev–Trinajstić information content (AvgIpc) is 3.55. The second-order valence-corrected chi connectivity index (χ2v) is 14.2. The topological polar surface area (TPSA) is 25.8 Å². The van der Waals surface area contributed by atoms with Crippen LogP contribution < -0.4 is 0 Å². The lowest BCUT2D eigenvalue weighted by atomic mass is 9.82. The molecule has 0 radical (unpaired) electrons. The molecule has 9 aromatic rings. The van der Waals surface area contributed by atoms with E-state index in [1.807, 2.05) is 0 Å². The Balaban J connectivity index is 1.19. The Bertz CT molecular complexity index is 2800. The lowest BCUT2D eigenvalue weighted by Crippen LogP contribution is -2.09. The molecule has 0 atom stereocenters. The first-order valence-electron chi connectivity index (χ1n) is 18.5. The molecule has 0 spiro atoms. The van der Waals surface area contributed by atoms with Crippen molar-refractivity contribution in [3.8, 4) is 67.0 Å². The van der Waals surface area contributed by atoms with Crippen LogP contribution in [0.5, 0.6) is 0 Å². The van der Waals surface area contributed by atoms with E-state index >= 15 is 0 Å². The van der Waals surface area contributed by atoms with E-state index in [4.69, 9.17) is 9.97 Å². The van der Waals surface area contributed by atoms with Gasteiger partial charge in [-0.05, 0) is 121 Å². The van der Waals surface area contributed by atoms with Gasteiger partial charge in [-0.25, -0.2) is 4.98 Å². The molecule has 0 N–H and O–H groups in total. The fourth-order valence-corrected chi connectivity index (χ4v) is 9.24. The third kappa shape index (κ3) is 4.31. The predicted molar refractivity (Wildman–Crippen MR) is 217 cm³/mol. The zero-order valence-corrected chi connectivity index (χ0v) is 28.7. The van der Waals surface area contributed by atoms with Crippen LogP contribution in [0.15, 0.2) is 158 Å². The zero-order chi connectivity index (χ0) is 34.2. The molecule has 7 aromatic carbocycles. The van der Waals surface area contributed by atoms with Gasteiger partial charge in [-0.1, -0.05) is 140 Å². The van der Waals surface area contributed by atoms with E-state index in [0.717, 1.165) is 35.1 Å². The van der Waals surface area contributed by atoms with Gasteiger partial charge < -0.3 is 0 Å². The number of pyridine rings is 2.